The number of furan rings is 4. The predicted octanol–water partition coefficient (Wildman–Crippen LogP) is 31.5. The molecule has 4 heterocycles. The summed E-state index contributed by atoms with van der Waals surface area (Å²) in [5, 5.41) is 8.87. The van der Waals surface area contributed by atoms with E-state index in [4.69, 9.17) is 17.7 Å². The van der Waals surface area contributed by atoms with Crippen molar-refractivity contribution < 1.29 is 17.7 Å². The van der Waals surface area contributed by atoms with E-state index >= 15 is 0 Å². The average molecular weight is 1490 g/mol. The molecule has 0 fully saturated rings. The lowest BCUT2D eigenvalue weighted by Gasteiger charge is -2.29. The molecule has 0 atom stereocenters. The lowest BCUT2D eigenvalue weighted by atomic mass is 10.0. The summed E-state index contributed by atoms with van der Waals surface area (Å²) in [4.78, 5) is 9.33. The maximum absolute atomic E-state index is 6.58. The molecule has 22 rings (SSSR count). The van der Waals surface area contributed by atoms with Crippen molar-refractivity contribution in [1.29, 1.82) is 0 Å². The van der Waals surface area contributed by atoms with Crippen LogP contribution in [0.15, 0.2) is 442 Å². The molecule has 0 saturated heterocycles. The van der Waals surface area contributed by atoms with Crippen molar-refractivity contribution in [3.63, 3.8) is 0 Å². The van der Waals surface area contributed by atoms with Crippen LogP contribution in [0.4, 0.5) is 68.2 Å². The van der Waals surface area contributed by atoms with Crippen molar-refractivity contribution in [2.45, 2.75) is 0 Å². The minimum Gasteiger partial charge on any atom is -0.456 e. The molecule has 0 aliphatic rings. The van der Waals surface area contributed by atoms with Gasteiger partial charge in [-0.2, -0.15) is 0 Å². The van der Waals surface area contributed by atoms with Gasteiger partial charge >= 0.3 is 0 Å². The molecule has 4 aromatic heterocycles. The molecule has 0 saturated carbocycles. The Bertz CT molecular complexity index is 6950. The number of hydrogen-bond acceptors (Lipinski definition) is 8. The molecule has 8 nitrogen and oxygen atoms in total. The molecule has 0 spiro atoms. The van der Waals surface area contributed by atoms with E-state index in [0.29, 0.717) is 0 Å². The summed E-state index contributed by atoms with van der Waals surface area (Å²) in [6, 6.07) is 151. The molecule has 8 heteroatoms. The Balaban J connectivity index is 0.598. The third-order valence-corrected chi connectivity index (χ3v) is 22.7. The summed E-state index contributed by atoms with van der Waals surface area (Å²) in [6.07, 6.45) is 0. The van der Waals surface area contributed by atoms with Gasteiger partial charge in [-0.15, -0.1) is 0 Å². The SMILES string of the molecule is c1ccc(N(c2ccc(-c3ccc4oc5ccccc5c4c3)cc2)c2ccc(N(c3ccc(-c4ccc(N(c5ccc(-c6cccc7c6oc6ccccc67)cc5)c5ccc(N(c6ccccc6)c6ccc(-c7ccc8oc9ccccc9c8c7)cc6)cc5)cc4)cc3)c3ccc(-c4cccc5c4oc4ccccc45)cc3)cc2)cc1. The molecular formula is C108H70N4O4. The van der Waals surface area contributed by atoms with E-state index in [1.54, 1.807) is 0 Å². The fourth-order valence-electron chi connectivity index (χ4n) is 17.0. The van der Waals surface area contributed by atoms with Gasteiger partial charge in [0.2, 0.25) is 0 Å². The van der Waals surface area contributed by atoms with Crippen molar-refractivity contribution in [3.8, 4) is 55.6 Å². The molecule has 0 amide bonds. The zero-order valence-electron chi connectivity index (χ0n) is 62.8. The van der Waals surface area contributed by atoms with Gasteiger partial charge < -0.3 is 37.3 Å². The molecular weight excluding hydrogens is 1420 g/mol. The quantitative estimate of drug-likeness (QED) is 0.0894. The van der Waals surface area contributed by atoms with Gasteiger partial charge in [-0.25, -0.2) is 0 Å². The second kappa shape index (κ2) is 28.3. The van der Waals surface area contributed by atoms with Crippen molar-refractivity contribution in [1.82, 2.24) is 0 Å². The summed E-state index contributed by atoms with van der Waals surface area (Å²) in [6.45, 7) is 0. The van der Waals surface area contributed by atoms with E-state index in [9.17, 15) is 0 Å². The molecule has 0 radical (unpaired) electrons. The molecule has 18 aromatic carbocycles. The largest absolute Gasteiger partial charge is 0.456 e. The van der Waals surface area contributed by atoms with Crippen LogP contribution in [0.3, 0.4) is 0 Å². The van der Waals surface area contributed by atoms with E-state index in [1.807, 2.05) is 48.5 Å². The van der Waals surface area contributed by atoms with Crippen molar-refractivity contribution >= 4 is 156 Å². The Kier molecular flexibility index (Phi) is 16.4. The summed E-state index contributed by atoms with van der Waals surface area (Å²) in [5.74, 6) is 0. The molecule has 0 N–H and O–H groups in total. The first-order valence-corrected chi connectivity index (χ1v) is 39.2. The van der Waals surface area contributed by atoms with E-state index in [2.05, 4.69) is 396 Å². The maximum atomic E-state index is 6.58. The smallest absolute Gasteiger partial charge is 0.143 e. The summed E-state index contributed by atoms with van der Waals surface area (Å²) < 4.78 is 25.6. The Morgan fingerprint density at radius 3 is 0.638 bits per heavy atom. The fourth-order valence-corrected chi connectivity index (χ4v) is 17.0. The lowest BCUT2D eigenvalue weighted by Crippen LogP contribution is -2.12. The van der Waals surface area contributed by atoms with Gasteiger partial charge in [0, 0.05) is 122 Å². The van der Waals surface area contributed by atoms with Crippen molar-refractivity contribution in [3.05, 3.63) is 425 Å². The number of benzene rings is 18. The van der Waals surface area contributed by atoms with Crippen LogP contribution >= 0.6 is 0 Å². The number of para-hydroxylation sites is 8. The highest BCUT2D eigenvalue weighted by Gasteiger charge is 2.23. The second-order valence-corrected chi connectivity index (χ2v) is 29.5. The molecule has 546 valence electrons. The third-order valence-electron chi connectivity index (χ3n) is 22.7. The van der Waals surface area contributed by atoms with Crippen LogP contribution in [-0.2, 0) is 0 Å². The number of fused-ring (bicyclic) bond motifs is 12. The predicted molar refractivity (Wildman–Crippen MR) is 481 cm³/mol. The Morgan fingerprint density at radius 2 is 0.336 bits per heavy atom. The van der Waals surface area contributed by atoms with Gasteiger partial charge in [0.1, 0.15) is 44.7 Å². The topological polar surface area (TPSA) is 65.5 Å². The first-order valence-electron chi connectivity index (χ1n) is 39.2. The lowest BCUT2D eigenvalue weighted by molar-refractivity contribution is 0.668. The monoisotopic (exact) mass is 1490 g/mol. The van der Waals surface area contributed by atoms with Crippen LogP contribution < -0.4 is 19.6 Å². The number of anilines is 12. The van der Waals surface area contributed by atoms with Gasteiger partial charge in [0.15, 0.2) is 0 Å². The zero-order valence-corrected chi connectivity index (χ0v) is 62.8. The molecule has 116 heavy (non-hydrogen) atoms. The third kappa shape index (κ3) is 12.0. The standard InChI is InChI=1S/C108H70N4O4/c1-3-17-79(18-4-1)109(81-51-37-73(38-52-81)77-45-67-105-99(69-77)95-23-9-11-29-101(95)113-105)87-59-63-89(64-60-87)111(85-55-41-75(42-56-85)91-25-15-27-97-93-21-7-13-31-103(93)115-107(91)97)83-47-33-71(34-48-83)72-35-49-84(50-36-72)112(86-57-43-76(44-58-86)92-26-16-28-98-94-22-8-14-32-104(94)116-108(92)98)90-65-61-88(62-66-90)110(80-19-5-2-6-20-80)82-53-39-74(40-54-82)78-46-68-106-100(70-78)96-24-10-12-30-102(96)114-106/h1-70H. The zero-order chi connectivity index (χ0) is 76.6. The first kappa shape index (κ1) is 67.3. The van der Waals surface area contributed by atoms with Gasteiger partial charge in [-0.05, 0) is 239 Å². The molecule has 0 aliphatic carbocycles. The molecule has 0 bridgehead atoms. The highest BCUT2D eigenvalue weighted by atomic mass is 16.3. The number of hydrogen-bond donors (Lipinski definition) is 0. The molecule has 0 aliphatic heterocycles. The average Bonchev–Trinajstić information content (AvgIpc) is 1.62. The van der Waals surface area contributed by atoms with Crippen molar-refractivity contribution in [2.75, 3.05) is 19.6 Å². The van der Waals surface area contributed by atoms with Crippen LogP contribution in [-0.4, -0.2) is 0 Å². The Morgan fingerprint density at radius 1 is 0.129 bits per heavy atom. The fraction of sp³-hybridized carbons (Fsp3) is 0. The summed E-state index contributed by atoms with van der Waals surface area (Å²) in [7, 11) is 0. The number of nitrogens with zero attached hydrogens (tertiary/aromatic N) is 4. The molecule has 22 aromatic rings. The maximum Gasteiger partial charge on any atom is 0.143 e. The highest BCUT2D eigenvalue weighted by Crippen LogP contribution is 2.47. The van der Waals surface area contributed by atoms with E-state index in [1.165, 1.54) is 0 Å². The van der Waals surface area contributed by atoms with Gasteiger partial charge in [0.05, 0.1) is 0 Å². The van der Waals surface area contributed by atoms with Crippen LogP contribution in [0.25, 0.3) is 143 Å². The van der Waals surface area contributed by atoms with Crippen LogP contribution in [0.5, 0.6) is 0 Å². The van der Waals surface area contributed by atoms with Crippen LogP contribution in [0.1, 0.15) is 0 Å². The molecule has 0 unspecified atom stereocenters. The number of rotatable bonds is 17. The van der Waals surface area contributed by atoms with Crippen LogP contribution in [0.2, 0.25) is 0 Å². The Labute approximate surface area is 669 Å². The normalized spacial score (nSPS) is 11.6. The minimum absolute atomic E-state index is 0.877. The van der Waals surface area contributed by atoms with E-state index in [0.717, 1.165) is 212 Å². The summed E-state index contributed by atoms with van der Waals surface area (Å²) in [5.41, 5.74) is 30.3. The Hall–Kier alpha value is -15.6. The minimum atomic E-state index is 0.877. The highest BCUT2D eigenvalue weighted by molar-refractivity contribution is 6.12. The van der Waals surface area contributed by atoms with E-state index < -0.39 is 0 Å². The van der Waals surface area contributed by atoms with Crippen molar-refractivity contribution in [2.24, 2.45) is 0 Å². The van der Waals surface area contributed by atoms with Crippen LogP contribution in [0, 0.1) is 0 Å². The van der Waals surface area contributed by atoms with Gasteiger partial charge in [0.25, 0.3) is 0 Å². The summed E-state index contributed by atoms with van der Waals surface area (Å²) >= 11 is 0. The second-order valence-electron chi connectivity index (χ2n) is 29.5. The van der Waals surface area contributed by atoms with E-state index in [-0.39, 0.29) is 0 Å². The van der Waals surface area contributed by atoms with Gasteiger partial charge in [-0.1, -0.05) is 231 Å². The van der Waals surface area contributed by atoms with Gasteiger partial charge in [-0.3, -0.25) is 0 Å². The first-order chi connectivity index (χ1) is 57.5.